The van der Waals surface area contributed by atoms with Gasteiger partial charge in [0, 0.05) is 11.8 Å². The number of rotatable bonds is 3. The third-order valence-electron chi connectivity index (χ3n) is 2.62. The Kier molecular flexibility index (Phi) is 3.56. The van der Waals surface area contributed by atoms with E-state index in [1.807, 2.05) is 0 Å². The quantitative estimate of drug-likeness (QED) is 0.582. The Morgan fingerprint density at radius 3 is 2.68 bits per heavy atom. The monoisotopic (exact) mass is 258 g/mol. The van der Waals surface area contributed by atoms with Crippen LogP contribution in [0.4, 0.5) is 11.4 Å². The van der Waals surface area contributed by atoms with Gasteiger partial charge in [-0.3, -0.25) is 4.79 Å². The summed E-state index contributed by atoms with van der Waals surface area (Å²) in [5, 5.41) is 12.3. The van der Waals surface area contributed by atoms with Gasteiger partial charge in [-0.2, -0.15) is 0 Å². The van der Waals surface area contributed by atoms with Crippen molar-refractivity contribution in [2.45, 2.75) is 0 Å². The zero-order valence-electron chi connectivity index (χ0n) is 10.4. The standard InChI is InChI=1S/C14H14N2O3/c1-19-13-5-3-2-4-10(13)14(18)16-11-7-6-9(15)8-12(11)17/h2-8,17H,15H2,1H3,(H,16,18). The molecule has 0 saturated carbocycles. The maximum Gasteiger partial charge on any atom is 0.259 e. The van der Waals surface area contributed by atoms with Gasteiger partial charge in [-0.05, 0) is 24.3 Å². The minimum Gasteiger partial charge on any atom is -0.506 e. The summed E-state index contributed by atoms with van der Waals surface area (Å²) < 4.78 is 5.11. The van der Waals surface area contributed by atoms with Gasteiger partial charge in [-0.15, -0.1) is 0 Å². The first-order chi connectivity index (χ1) is 9.11. The van der Waals surface area contributed by atoms with Crippen molar-refractivity contribution in [1.29, 1.82) is 0 Å². The van der Waals surface area contributed by atoms with Crippen molar-refractivity contribution in [2.75, 3.05) is 18.2 Å². The Balaban J connectivity index is 2.26. The molecule has 0 aliphatic rings. The molecule has 19 heavy (non-hydrogen) atoms. The number of methoxy groups -OCH3 is 1. The molecule has 0 bridgehead atoms. The molecular weight excluding hydrogens is 244 g/mol. The Morgan fingerprint density at radius 2 is 2.00 bits per heavy atom. The second-order valence-electron chi connectivity index (χ2n) is 3.93. The molecule has 2 aromatic rings. The van der Waals surface area contributed by atoms with Gasteiger partial charge >= 0.3 is 0 Å². The Hall–Kier alpha value is -2.69. The molecule has 0 spiro atoms. The van der Waals surface area contributed by atoms with E-state index in [0.717, 1.165) is 0 Å². The molecule has 0 heterocycles. The SMILES string of the molecule is COc1ccccc1C(=O)Nc1ccc(N)cc1O. The normalized spacial score (nSPS) is 9.95. The van der Waals surface area contributed by atoms with Crippen LogP contribution < -0.4 is 15.8 Å². The van der Waals surface area contributed by atoms with Crippen LogP contribution in [0.1, 0.15) is 10.4 Å². The minimum atomic E-state index is -0.363. The predicted molar refractivity (Wildman–Crippen MR) is 73.5 cm³/mol. The molecule has 0 saturated heterocycles. The number of hydrogen-bond acceptors (Lipinski definition) is 4. The molecule has 0 aliphatic heterocycles. The van der Waals surface area contributed by atoms with Gasteiger partial charge in [0.1, 0.15) is 11.5 Å². The van der Waals surface area contributed by atoms with Crippen LogP contribution in [0.2, 0.25) is 0 Å². The van der Waals surface area contributed by atoms with E-state index in [1.165, 1.54) is 19.2 Å². The summed E-state index contributed by atoms with van der Waals surface area (Å²) in [7, 11) is 1.49. The van der Waals surface area contributed by atoms with Crippen LogP contribution in [0.3, 0.4) is 0 Å². The largest absolute Gasteiger partial charge is 0.506 e. The number of ether oxygens (including phenoxy) is 1. The summed E-state index contributed by atoms with van der Waals surface area (Å²) in [4.78, 5) is 12.1. The van der Waals surface area contributed by atoms with Crippen LogP contribution in [-0.4, -0.2) is 18.1 Å². The Morgan fingerprint density at radius 1 is 1.26 bits per heavy atom. The number of nitrogen functional groups attached to an aromatic ring is 1. The number of nitrogens with two attached hydrogens (primary N) is 1. The van der Waals surface area contributed by atoms with Crippen molar-refractivity contribution in [1.82, 2.24) is 0 Å². The van der Waals surface area contributed by atoms with Gasteiger partial charge < -0.3 is 20.9 Å². The predicted octanol–water partition coefficient (Wildman–Crippen LogP) is 2.24. The molecule has 98 valence electrons. The van der Waals surface area contributed by atoms with Crippen LogP contribution in [-0.2, 0) is 0 Å². The van der Waals surface area contributed by atoms with Crippen molar-refractivity contribution in [2.24, 2.45) is 0 Å². The summed E-state index contributed by atoms with van der Waals surface area (Å²) in [5.74, 6) is 0.0238. The summed E-state index contributed by atoms with van der Waals surface area (Å²) in [6.07, 6.45) is 0. The molecule has 0 atom stereocenters. The van der Waals surface area contributed by atoms with Gasteiger partial charge in [-0.25, -0.2) is 0 Å². The fourth-order valence-electron chi connectivity index (χ4n) is 1.68. The van der Waals surface area contributed by atoms with Crippen molar-refractivity contribution < 1.29 is 14.6 Å². The Labute approximate surface area is 110 Å². The minimum absolute atomic E-state index is 0.0803. The molecule has 2 rings (SSSR count). The molecule has 2 aromatic carbocycles. The lowest BCUT2D eigenvalue weighted by Gasteiger charge is -2.10. The fraction of sp³-hybridized carbons (Fsp3) is 0.0714. The van der Waals surface area contributed by atoms with Crippen molar-refractivity contribution in [3.8, 4) is 11.5 Å². The molecule has 0 aliphatic carbocycles. The second kappa shape index (κ2) is 5.30. The third-order valence-corrected chi connectivity index (χ3v) is 2.62. The summed E-state index contributed by atoms with van der Waals surface area (Å²) in [6.45, 7) is 0. The van der Waals surface area contributed by atoms with E-state index in [-0.39, 0.29) is 11.7 Å². The van der Waals surface area contributed by atoms with E-state index >= 15 is 0 Å². The second-order valence-corrected chi connectivity index (χ2v) is 3.93. The summed E-state index contributed by atoms with van der Waals surface area (Å²) in [6, 6.07) is 11.4. The number of hydrogen-bond donors (Lipinski definition) is 3. The van der Waals surface area contributed by atoms with Crippen LogP contribution >= 0.6 is 0 Å². The van der Waals surface area contributed by atoms with Gasteiger partial charge in [-0.1, -0.05) is 12.1 Å². The highest BCUT2D eigenvalue weighted by Crippen LogP contribution is 2.27. The number of aromatic hydroxyl groups is 1. The molecular formula is C14H14N2O3. The molecule has 4 N–H and O–H groups in total. The number of para-hydroxylation sites is 1. The van der Waals surface area contributed by atoms with Gasteiger partial charge in [0.15, 0.2) is 0 Å². The van der Waals surface area contributed by atoms with E-state index in [9.17, 15) is 9.90 Å². The molecule has 0 aromatic heterocycles. The van der Waals surface area contributed by atoms with E-state index in [0.29, 0.717) is 22.7 Å². The molecule has 5 nitrogen and oxygen atoms in total. The zero-order chi connectivity index (χ0) is 13.8. The first-order valence-corrected chi connectivity index (χ1v) is 5.64. The van der Waals surface area contributed by atoms with Gasteiger partial charge in [0.2, 0.25) is 0 Å². The number of benzene rings is 2. The third kappa shape index (κ3) is 2.77. The number of amides is 1. The highest BCUT2D eigenvalue weighted by Gasteiger charge is 2.13. The van der Waals surface area contributed by atoms with E-state index in [4.69, 9.17) is 10.5 Å². The highest BCUT2D eigenvalue weighted by atomic mass is 16.5. The van der Waals surface area contributed by atoms with Crippen molar-refractivity contribution in [3.63, 3.8) is 0 Å². The Bertz CT molecular complexity index is 611. The summed E-state index contributed by atoms with van der Waals surface area (Å²) in [5.41, 5.74) is 6.63. The maximum atomic E-state index is 12.1. The smallest absolute Gasteiger partial charge is 0.259 e. The van der Waals surface area contributed by atoms with Crippen LogP contribution in [0, 0.1) is 0 Å². The van der Waals surface area contributed by atoms with Crippen molar-refractivity contribution in [3.05, 3.63) is 48.0 Å². The maximum absolute atomic E-state index is 12.1. The number of nitrogens with one attached hydrogen (secondary N) is 1. The fourth-order valence-corrected chi connectivity index (χ4v) is 1.68. The average Bonchev–Trinajstić information content (AvgIpc) is 2.41. The van der Waals surface area contributed by atoms with E-state index in [1.54, 1.807) is 30.3 Å². The van der Waals surface area contributed by atoms with Gasteiger partial charge in [0.25, 0.3) is 5.91 Å². The van der Waals surface area contributed by atoms with Crippen LogP contribution in [0.25, 0.3) is 0 Å². The number of phenols is 1. The zero-order valence-corrected chi connectivity index (χ0v) is 10.4. The van der Waals surface area contributed by atoms with Crippen LogP contribution in [0.5, 0.6) is 11.5 Å². The number of anilines is 2. The van der Waals surface area contributed by atoms with Crippen LogP contribution in [0.15, 0.2) is 42.5 Å². The topological polar surface area (TPSA) is 84.6 Å². The molecule has 0 unspecified atom stereocenters. The first kappa shape index (κ1) is 12.8. The molecule has 0 radical (unpaired) electrons. The number of carbonyl (C=O) groups is 1. The lowest BCUT2D eigenvalue weighted by molar-refractivity contribution is 0.102. The van der Waals surface area contributed by atoms with E-state index in [2.05, 4.69) is 5.32 Å². The molecule has 1 amide bonds. The van der Waals surface area contributed by atoms with Crippen molar-refractivity contribution >= 4 is 17.3 Å². The molecule has 5 heteroatoms. The first-order valence-electron chi connectivity index (χ1n) is 5.64. The molecule has 0 fully saturated rings. The lowest BCUT2D eigenvalue weighted by atomic mass is 10.1. The average molecular weight is 258 g/mol. The lowest BCUT2D eigenvalue weighted by Crippen LogP contribution is -2.13. The highest BCUT2D eigenvalue weighted by molar-refractivity contribution is 6.06. The van der Waals surface area contributed by atoms with E-state index < -0.39 is 0 Å². The number of carbonyl (C=O) groups excluding carboxylic acids is 1. The van der Waals surface area contributed by atoms with Gasteiger partial charge in [0.05, 0.1) is 18.4 Å². The number of phenolic OH excluding ortho intramolecular Hbond substituents is 1. The summed E-state index contributed by atoms with van der Waals surface area (Å²) >= 11 is 0.